The number of nitrogens with two attached hydrogens (primary N) is 1. The zero-order valence-corrected chi connectivity index (χ0v) is 15.7. The summed E-state index contributed by atoms with van der Waals surface area (Å²) in [6.45, 7) is 9.09. The van der Waals surface area contributed by atoms with Gasteiger partial charge in [-0.1, -0.05) is 0 Å². The maximum absolute atomic E-state index is 12.2. The van der Waals surface area contributed by atoms with Crippen molar-refractivity contribution < 1.29 is 23.7 Å². The van der Waals surface area contributed by atoms with Crippen molar-refractivity contribution >= 4 is 11.8 Å². The van der Waals surface area contributed by atoms with Crippen molar-refractivity contribution in [3.8, 4) is 0 Å². The third-order valence-electron chi connectivity index (χ3n) is 3.74. The van der Waals surface area contributed by atoms with Gasteiger partial charge in [0.25, 0.3) is 0 Å². The molecule has 1 aliphatic rings. The van der Waals surface area contributed by atoms with Gasteiger partial charge in [-0.05, 0) is 33.8 Å². The molecule has 0 amide bonds. The van der Waals surface area contributed by atoms with Crippen molar-refractivity contribution in [2.45, 2.75) is 71.4 Å². The maximum atomic E-state index is 12.2. The van der Waals surface area contributed by atoms with E-state index in [-0.39, 0.29) is 24.6 Å². The third-order valence-corrected chi connectivity index (χ3v) is 3.74. The second-order valence-electron chi connectivity index (χ2n) is 6.71. The van der Waals surface area contributed by atoms with Gasteiger partial charge in [-0.2, -0.15) is 4.98 Å². The third kappa shape index (κ3) is 5.03. The maximum Gasteiger partial charge on any atom is 0.351 e. The monoisotopic (exact) mass is 369 g/mol. The second kappa shape index (κ2) is 8.61. The molecule has 0 radical (unpaired) electrons. The van der Waals surface area contributed by atoms with Gasteiger partial charge >= 0.3 is 11.7 Å². The largest absolute Gasteiger partial charge is 0.455 e. The fraction of sp³-hybridized carbons (Fsp3) is 0.706. The molecule has 0 aromatic carbocycles. The van der Waals surface area contributed by atoms with Crippen LogP contribution in [0.5, 0.6) is 0 Å². The Balaban J connectivity index is 2.37. The van der Waals surface area contributed by atoms with Crippen LogP contribution < -0.4 is 11.4 Å². The number of aromatic nitrogens is 2. The molecule has 0 spiro atoms. The van der Waals surface area contributed by atoms with Gasteiger partial charge in [-0.15, -0.1) is 0 Å². The summed E-state index contributed by atoms with van der Waals surface area (Å²) in [5, 5.41) is 0. The first kappa shape index (κ1) is 20.3. The Kier molecular flexibility index (Phi) is 6.74. The van der Waals surface area contributed by atoms with E-state index in [2.05, 4.69) is 4.98 Å². The highest BCUT2D eigenvalue weighted by Gasteiger charge is 2.49. The second-order valence-corrected chi connectivity index (χ2v) is 6.71. The van der Waals surface area contributed by atoms with Gasteiger partial charge in [0.2, 0.25) is 0 Å². The lowest BCUT2D eigenvalue weighted by atomic mass is 10.1. The summed E-state index contributed by atoms with van der Waals surface area (Å²) in [7, 11) is 0. The molecule has 0 saturated carbocycles. The van der Waals surface area contributed by atoms with Crippen LogP contribution in [0.1, 0.15) is 40.8 Å². The molecule has 26 heavy (non-hydrogen) atoms. The molecule has 1 aromatic rings. The topological polar surface area (TPSA) is 115 Å². The fourth-order valence-electron chi connectivity index (χ4n) is 2.77. The Labute approximate surface area is 152 Å². The quantitative estimate of drug-likeness (QED) is 0.704. The zero-order valence-electron chi connectivity index (χ0n) is 15.7. The summed E-state index contributed by atoms with van der Waals surface area (Å²) in [4.78, 5) is 27.6. The number of anilines is 1. The molecule has 0 aliphatic carbocycles. The van der Waals surface area contributed by atoms with E-state index in [1.54, 1.807) is 0 Å². The standard InChI is InChI=1S/C17H27N3O6/c1-9(2)23-8-12-14(24-10(3)4)15(25-11(5)21)16(26-12)20-7-6-13(18)19-17(20)22/h6-7,9-10,12,14-16H,8H2,1-5H3,(H2,18,19,22)/t12-,14?,15+,16-/m1/s1. The van der Waals surface area contributed by atoms with E-state index in [1.165, 1.54) is 23.8 Å². The van der Waals surface area contributed by atoms with E-state index in [0.717, 1.165) is 0 Å². The van der Waals surface area contributed by atoms with Crippen LogP contribution >= 0.6 is 0 Å². The molecular weight excluding hydrogens is 342 g/mol. The Bertz CT molecular complexity index is 675. The lowest BCUT2D eigenvalue weighted by Crippen LogP contribution is -2.42. The van der Waals surface area contributed by atoms with Gasteiger partial charge in [0, 0.05) is 13.1 Å². The normalized spacial score (nSPS) is 25.8. The van der Waals surface area contributed by atoms with E-state index in [9.17, 15) is 9.59 Å². The summed E-state index contributed by atoms with van der Waals surface area (Å²) in [6, 6.07) is 1.48. The molecule has 0 bridgehead atoms. The van der Waals surface area contributed by atoms with Crippen molar-refractivity contribution in [3.05, 3.63) is 22.7 Å². The molecule has 1 saturated heterocycles. The first-order valence-corrected chi connectivity index (χ1v) is 8.63. The van der Waals surface area contributed by atoms with Gasteiger partial charge < -0.3 is 24.7 Å². The van der Waals surface area contributed by atoms with Gasteiger partial charge in [-0.3, -0.25) is 9.36 Å². The van der Waals surface area contributed by atoms with E-state index in [0.29, 0.717) is 0 Å². The minimum absolute atomic E-state index is 0.00885. The summed E-state index contributed by atoms with van der Waals surface area (Å²) in [5.74, 6) is -0.397. The SMILES string of the molecule is CC(=O)O[C@H]1C(OC(C)C)[C@@H](COC(C)C)O[C@H]1n1ccc(N)nc1=O. The average molecular weight is 369 g/mol. The predicted molar refractivity (Wildman–Crippen MR) is 93.5 cm³/mol. The van der Waals surface area contributed by atoms with Gasteiger partial charge in [0.1, 0.15) is 18.0 Å². The van der Waals surface area contributed by atoms with Crippen LogP contribution in [-0.2, 0) is 23.7 Å². The van der Waals surface area contributed by atoms with Crippen LogP contribution in [0.25, 0.3) is 0 Å². The van der Waals surface area contributed by atoms with Crippen molar-refractivity contribution in [2.24, 2.45) is 0 Å². The van der Waals surface area contributed by atoms with Crippen LogP contribution in [-0.4, -0.2) is 52.6 Å². The smallest absolute Gasteiger partial charge is 0.351 e. The Morgan fingerprint density at radius 2 is 2.00 bits per heavy atom. The van der Waals surface area contributed by atoms with Gasteiger partial charge in [0.15, 0.2) is 12.3 Å². The molecular formula is C17H27N3O6. The molecule has 2 heterocycles. The molecule has 4 atom stereocenters. The number of carbonyl (C=O) groups is 1. The lowest BCUT2D eigenvalue weighted by molar-refractivity contribution is -0.159. The number of hydrogen-bond donors (Lipinski definition) is 1. The number of rotatable bonds is 7. The Hall–Kier alpha value is -1.97. The van der Waals surface area contributed by atoms with Crippen molar-refractivity contribution in [1.29, 1.82) is 0 Å². The van der Waals surface area contributed by atoms with E-state index in [1.807, 2.05) is 27.7 Å². The number of nitrogen functional groups attached to an aromatic ring is 1. The van der Waals surface area contributed by atoms with Crippen molar-refractivity contribution in [3.63, 3.8) is 0 Å². The summed E-state index contributed by atoms with van der Waals surface area (Å²) < 4.78 is 24.3. The zero-order chi connectivity index (χ0) is 19.4. The average Bonchev–Trinajstić information content (AvgIpc) is 2.82. The number of hydrogen-bond acceptors (Lipinski definition) is 8. The van der Waals surface area contributed by atoms with Crippen LogP contribution in [0.2, 0.25) is 0 Å². The first-order chi connectivity index (χ1) is 12.2. The highest BCUT2D eigenvalue weighted by atomic mass is 16.6. The lowest BCUT2D eigenvalue weighted by Gasteiger charge is -2.26. The number of carbonyl (C=O) groups excluding carboxylic acids is 1. The highest BCUT2D eigenvalue weighted by Crippen LogP contribution is 2.34. The summed E-state index contributed by atoms with van der Waals surface area (Å²) in [6.07, 6.45) is -1.49. The van der Waals surface area contributed by atoms with Crippen LogP contribution in [0, 0.1) is 0 Å². The van der Waals surface area contributed by atoms with Crippen LogP contribution in [0.15, 0.2) is 17.1 Å². The molecule has 1 unspecified atom stereocenters. The van der Waals surface area contributed by atoms with Gasteiger partial charge in [0.05, 0.1) is 18.8 Å². The van der Waals surface area contributed by atoms with E-state index < -0.39 is 36.2 Å². The minimum atomic E-state index is -0.885. The first-order valence-electron chi connectivity index (χ1n) is 8.63. The molecule has 9 heteroatoms. The number of nitrogens with zero attached hydrogens (tertiary/aromatic N) is 2. The van der Waals surface area contributed by atoms with Crippen LogP contribution in [0.4, 0.5) is 5.82 Å². The number of ether oxygens (including phenoxy) is 4. The highest BCUT2D eigenvalue weighted by molar-refractivity contribution is 5.66. The molecule has 2 N–H and O–H groups in total. The van der Waals surface area contributed by atoms with E-state index >= 15 is 0 Å². The molecule has 2 rings (SSSR count). The minimum Gasteiger partial charge on any atom is -0.455 e. The molecule has 146 valence electrons. The Morgan fingerprint density at radius 3 is 2.54 bits per heavy atom. The Morgan fingerprint density at radius 1 is 1.31 bits per heavy atom. The van der Waals surface area contributed by atoms with Gasteiger partial charge in [-0.25, -0.2) is 4.79 Å². The number of esters is 1. The fourth-order valence-corrected chi connectivity index (χ4v) is 2.77. The van der Waals surface area contributed by atoms with Crippen molar-refractivity contribution in [1.82, 2.24) is 9.55 Å². The van der Waals surface area contributed by atoms with E-state index in [4.69, 9.17) is 24.7 Å². The molecule has 1 aliphatic heterocycles. The van der Waals surface area contributed by atoms with Crippen LogP contribution in [0.3, 0.4) is 0 Å². The predicted octanol–water partition coefficient (Wildman–Crippen LogP) is 0.873. The summed E-state index contributed by atoms with van der Waals surface area (Å²) in [5.41, 5.74) is 4.95. The molecule has 1 fully saturated rings. The summed E-state index contributed by atoms with van der Waals surface area (Å²) >= 11 is 0. The molecule has 9 nitrogen and oxygen atoms in total. The van der Waals surface area contributed by atoms with Crippen molar-refractivity contribution in [2.75, 3.05) is 12.3 Å². The molecule has 1 aromatic heterocycles.